The summed E-state index contributed by atoms with van der Waals surface area (Å²) in [5.41, 5.74) is 2.38. The molecule has 2 aromatic carbocycles. The number of nitrogens with zero attached hydrogens (tertiary/aromatic N) is 2. The molecule has 0 aliphatic carbocycles. The number of rotatable bonds is 10. The van der Waals surface area contributed by atoms with Crippen LogP contribution in [0.1, 0.15) is 24.5 Å². The molecule has 2 amide bonds. The van der Waals surface area contributed by atoms with Gasteiger partial charge in [-0.05, 0) is 42.3 Å². The van der Waals surface area contributed by atoms with Crippen LogP contribution in [0.2, 0.25) is 0 Å². The van der Waals surface area contributed by atoms with Crippen LogP contribution >= 0.6 is 0 Å². The van der Waals surface area contributed by atoms with Gasteiger partial charge in [-0.15, -0.1) is 0 Å². The van der Waals surface area contributed by atoms with Crippen molar-refractivity contribution in [2.45, 2.75) is 32.5 Å². The molecule has 0 aromatic heterocycles. The second kappa shape index (κ2) is 13.1. The Morgan fingerprint density at radius 1 is 0.906 bits per heavy atom. The average molecular weight is 438 g/mol. The number of carbonyl (C=O) groups excluding carboxylic acids is 4. The van der Waals surface area contributed by atoms with E-state index in [0.29, 0.717) is 17.8 Å². The fourth-order valence-electron chi connectivity index (χ4n) is 2.58. The second-order valence-corrected chi connectivity index (χ2v) is 6.59. The highest BCUT2D eigenvalue weighted by atomic mass is 16.6. The van der Waals surface area contributed by atoms with E-state index in [4.69, 9.17) is 9.47 Å². The highest BCUT2D eigenvalue weighted by Gasteiger charge is 2.11. The molecule has 166 valence electrons. The third kappa shape index (κ3) is 9.04. The molecule has 0 bridgehead atoms. The summed E-state index contributed by atoms with van der Waals surface area (Å²) >= 11 is 0. The van der Waals surface area contributed by atoms with Gasteiger partial charge in [0.2, 0.25) is 12.2 Å². The van der Waals surface area contributed by atoms with Crippen LogP contribution in [0.5, 0.6) is 0 Å². The predicted octanol–water partition coefficient (Wildman–Crippen LogP) is 3.55. The van der Waals surface area contributed by atoms with Gasteiger partial charge in [0.25, 0.3) is 0 Å². The van der Waals surface area contributed by atoms with Gasteiger partial charge in [-0.25, -0.2) is 19.2 Å². The molecule has 0 saturated heterocycles. The highest BCUT2D eigenvalue weighted by molar-refractivity contribution is 5.68. The molecule has 0 aliphatic rings. The monoisotopic (exact) mass is 438 g/mol. The first-order chi connectivity index (χ1) is 15.5. The molecule has 10 nitrogen and oxygen atoms in total. The first-order valence-electron chi connectivity index (χ1n) is 9.69. The molecule has 10 heteroatoms. The minimum absolute atomic E-state index is 0.0570. The van der Waals surface area contributed by atoms with Gasteiger partial charge in [0, 0.05) is 19.5 Å². The number of hydrogen-bond acceptors (Lipinski definition) is 8. The van der Waals surface area contributed by atoms with Crippen molar-refractivity contribution in [1.82, 2.24) is 10.6 Å². The Bertz CT molecular complexity index is 1030. The highest BCUT2D eigenvalue weighted by Crippen LogP contribution is 2.14. The lowest BCUT2D eigenvalue weighted by Crippen LogP contribution is -2.29. The zero-order valence-corrected chi connectivity index (χ0v) is 17.4. The van der Waals surface area contributed by atoms with Crippen LogP contribution in [-0.4, -0.2) is 37.1 Å². The fraction of sp³-hybridized carbons (Fsp3) is 0.273. The molecule has 2 rings (SSSR count). The number of nitrogens with one attached hydrogen (secondary N) is 2. The molecular weight excluding hydrogens is 416 g/mol. The molecule has 0 fully saturated rings. The van der Waals surface area contributed by atoms with E-state index in [9.17, 15) is 19.2 Å². The minimum atomic E-state index is -0.621. The SMILES string of the molecule is CC(CCOC(=O)NCc1cccc(N=C=O)c1)OC(=O)NCc1cccc(N=C=O)c1. The van der Waals surface area contributed by atoms with Crippen LogP contribution in [0.15, 0.2) is 58.5 Å². The number of ether oxygens (including phenoxy) is 2. The second-order valence-electron chi connectivity index (χ2n) is 6.59. The quantitative estimate of drug-likeness (QED) is 0.430. The third-order valence-corrected chi connectivity index (χ3v) is 4.11. The number of alkyl carbamates (subject to hydrolysis) is 2. The number of isocyanates is 2. The first kappa shape index (κ1) is 24.0. The minimum Gasteiger partial charge on any atom is -0.449 e. The summed E-state index contributed by atoms with van der Waals surface area (Å²) in [6, 6.07) is 13.5. The van der Waals surface area contributed by atoms with Gasteiger partial charge in [0.1, 0.15) is 6.10 Å². The Morgan fingerprint density at radius 2 is 1.44 bits per heavy atom. The molecular formula is C22H22N4O6. The summed E-state index contributed by atoms with van der Waals surface area (Å²) < 4.78 is 10.3. The topological polar surface area (TPSA) is 136 Å². The van der Waals surface area contributed by atoms with Crippen molar-refractivity contribution in [2.24, 2.45) is 9.98 Å². The maximum absolute atomic E-state index is 11.9. The number of benzene rings is 2. The van der Waals surface area contributed by atoms with Crippen LogP contribution in [0.4, 0.5) is 21.0 Å². The third-order valence-electron chi connectivity index (χ3n) is 4.11. The van der Waals surface area contributed by atoms with Crippen molar-refractivity contribution in [3.05, 3.63) is 59.7 Å². The molecule has 2 N–H and O–H groups in total. The van der Waals surface area contributed by atoms with Crippen LogP contribution in [0, 0.1) is 0 Å². The number of amides is 2. The molecule has 0 aliphatic heterocycles. The zero-order valence-electron chi connectivity index (χ0n) is 17.4. The van der Waals surface area contributed by atoms with E-state index >= 15 is 0 Å². The van der Waals surface area contributed by atoms with Crippen molar-refractivity contribution in [1.29, 1.82) is 0 Å². The molecule has 1 unspecified atom stereocenters. The molecule has 32 heavy (non-hydrogen) atoms. The van der Waals surface area contributed by atoms with Gasteiger partial charge in [-0.2, -0.15) is 9.98 Å². The number of aliphatic imine (C=N–C) groups is 2. The molecule has 0 saturated carbocycles. The zero-order chi connectivity index (χ0) is 23.2. The van der Waals surface area contributed by atoms with E-state index in [2.05, 4.69) is 20.6 Å². The van der Waals surface area contributed by atoms with Crippen molar-refractivity contribution in [3.63, 3.8) is 0 Å². The average Bonchev–Trinajstić information content (AvgIpc) is 2.77. The normalized spacial score (nSPS) is 10.7. The van der Waals surface area contributed by atoms with Crippen LogP contribution in [-0.2, 0) is 32.2 Å². The summed E-state index contributed by atoms with van der Waals surface area (Å²) in [4.78, 5) is 51.3. The molecule has 0 radical (unpaired) electrons. The van der Waals surface area contributed by atoms with Crippen molar-refractivity contribution in [3.8, 4) is 0 Å². The summed E-state index contributed by atoms with van der Waals surface area (Å²) in [6.45, 7) is 2.14. The molecule has 0 spiro atoms. The summed E-state index contributed by atoms with van der Waals surface area (Å²) in [7, 11) is 0. The lowest BCUT2D eigenvalue weighted by Gasteiger charge is -2.14. The predicted molar refractivity (Wildman–Crippen MR) is 114 cm³/mol. The standard InChI is InChI=1S/C22H22N4O6/c1-16(32-22(30)24-13-18-5-3-7-20(11-18)26-15-28)8-9-31-21(29)23-12-17-4-2-6-19(10-17)25-14-27/h2-7,10-11,16H,8-9,12-13H2,1H3,(H,23,29)(H,24,30). The van der Waals surface area contributed by atoms with Gasteiger partial charge in [0.05, 0.1) is 18.0 Å². The smallest absolute Gasteiger partial charge is 0.407 e. The molecule has 1 atom stereocenters. The first-order valence-corrected chi connectivity index (χ1v) is 9.69. The van der Waals surface area contributed by atoms with Crippen LogP contribution in [0.25, 0.3) is 0 Å². The largest absolute Gasteiger partial charge is 0.449 e. The number of hydrogen-bond donors (Lipinski definition) is 2. The lowest BCUT2D eigenvalue weighted by atomic mass is 10.2. The van der Waals surface area contributed by atoms with E-state index < -0.39 is 18.3 Å². The van der Waals surface area contributed by atoms with Crippen molar-refractivity contribution >= 4 is 35.7 Å². The maximum Gasteiger partial charge on any atom is 0.407 e. The summed E-state index contributed by atoms with van der Waals surface area (Å²) in [5.74, 6) is 0. The van der Waals surface area contributed by atoms with Gasteiger partial charge < -0.3 is 20.1 Å². The van der Waals surface area contributed by atoms with Gasteiger partial charge in [-0.3, -0.25) is 0 Å². The van der Waals surface area contributed by atoms with Gasteiger partial charge >= 0.3 is 12.2 Å². The maximum atomic E-state index is 11.9. The fourth-order valence-corrected chi connectivity index (χ4v) is 2.58. The van der Waals surface area contributed by atoms with Gasteiger partial charge in [-0.1, -0.05) is 24.3 Å². The Morgan fingerprint density at radius 3 is 1.97 bits per heavy atom. The lowest BCUT2D eigenvalue weighted by molar-refractivity contribution is 0.0814. The van der Waals surface area contributed by atoms with E-state index in [-0.39, 0.29) is 19.7 Å². The van der Waals surface area contributed by atoms with Gasteiger partial charge in [0.15, 0.2) is 0 Å². The van der Waals surface area contributed by atoms with E-state index in [1.54, 1.807) is 55.5 Å². The van der Waals surface area contributed by atoms with E-state index in [0.717, 1.165) is 11.1 Å². The molecule has 0 heterocycles. The van der Waals surface area contributed by atoms with Crippen molar-refractivity contribution in [2.75, 3.05) is 6.61 Å². The Kier molecular flexibility index (Phi) is 9.85. The Balaban J connectivity index is 1.64. The Labute approximate surface area is 184 Å². The van der Waals surface area contributed by atoms with E-state index in [1.807, 2.05) is 0 Å². The molecule has 2 aromatic rings. The number of carbonyl (C=O) groups is 2. The Hall–Kier alpha value is -4.26. The van der Waals surface area contributed by atoms with Crippen LogP contribution in [0.3, 0.4) is 0 Å². The van der Waals surface area contributed by atoms with Crippen molar-refractivity contribution < 1.29 is 28.7 Å². The van der Waals surface area contributed by atoms with Crippen LogP contribution < -0.4 is 10.6 Å². The van der Waals surface area contributed by atoms with E-state index in [1.165, 1.54) is 12.2 Å². The summed E-state index contributed by atoms with van der Waals surface area (Å²) in [6.07, 6.45) is 1.51. The summed E-state index contributed by atoms with van der Waals surface area (Å²) in [5, 5.41) is 5.18.